The molecule has 0 heterocycles. The van der Waals surface area contributed by atoms with Gasteiger partial charge in [-0.3, -0.25) is 14.2 Å². The average Bonchev–Trinajstić information content (AvgIpc) is 2.36. The molecular formula is C12H24N3O6P. The van der Waals surface area contributed by atoms with Crippen LogP contribution in [0.15, 0.2) is 0 Å². The first-order valence-electron chi connectivity index (χ1n) is 6.88. The minimum Gasteiger partial charge on any atom is -0.480 e. The number of carboxylic acids is 1. The third-order valence-electron chi connectivity index (χ3n) is 2.97. The normalized spacial score (nSPS) is 17.7. The van der Waals surface area contributed by atoms with Crippen LogP contribution < -0.4 is 16.4 Å². The van der Waals surface area contributed by atoms with Crippen LogP contribution >= 0.6 is 7.37 Å². The fourth-order valence-electron chi connectivity index (χ4n) is 1.69. The largest absolute Gasteiger partial charge is 0.480 e. The van der Waals surface area contributed by atoms with Crippen molar-refractivity contribution in [3.63, 3.8) is 0 Å². The van der Waals surface area contributed by atoms with E-state index in [9.17, 15) is 23.8 Å². The van der Waals surface area contributed by atoms with Gasteiger partial charge in [-0.05, 0) is 13.3 Å². The standard InChI is InChI=1S/C12H24N3O6P/c1-4-5-9(14-8(3)16)11(17)15-10(12(18)19)6-22(20,21)7(2)13/h7,9-10H,4-6,13H2,1-3H3,(H,14,16)(H,15,17)(H,18,19)(H,20,21)/t7?,9-,10?/m0/s1. The first-order chi connectivity index (χ1) is 10.0. The summed E-state index contributed by atoms with van der Waals surface area (Å²) < 4.78 is 11.8. The maximum Gasteiger partial charge on any atom is 0.326 e. The lowest BCUT2D eigenvalue weighted by molar-refractivity contribution is -0.141. The van der Waals surface area contributed by atoms with Crippen LogP contribution in [0.4, 0.5) is 0 Å². The summed E-state index contributed by atoms with van der Waals surface area (Å²) in [6.07, 6.45) is 0.237. The number of aliphatic carboxylic acids is 1. The summed E-state index contributed by atoms with van der Waals surface area (Å²) in [4.78, 5) is 43.9. The van der Waals surface area contributed by atoms with Crippen LogP contribution in [0.3, 0.4) is 0 Å². The molecule has 0 aromatic heterocycles. The van der Waals surface area contributed by atoms with Gasteiger partial charge in [0, 0.05) is 6.92 Å². The van der Waals surface area contributed by atoms with Gasteiger partial charge in [0.15, 0.2) is 0 Å². The Balaban J connectivity index is 5.00. The Kier molecular flexibility index (Phi) is 8.29. The van der Waals surface area contributed by atoms with Crippen LogP contribution in [-0.2, 0) is 18.9 Å². The SMILES string of the molecule is CCC[C@H](NC(C)=O)C(=O)NC(CP(=O)(O)C(C)N)C(=O)O. The molecule has 3 unspecified atom stereocenters. The zero-order valence-corrected chi connectivity index (χ0v) is 13.8. The molecule has 0 spiro atoms. The van der Waals surface area contributed by atoms with E-state index in [-0.39, 0.29) is 0 Å². The molecule has 22 heavy (non-hydrogen) atoms. The van der Waals surface area contributed by atoms with Crippen molar-refractivity contribution in [1.82, 2.24) is 10.6 Å². The van der Waals surface area contributed by atoms with Gasteiger partial charge in [0.05, 0.1) is 11.9 Å². The molecule has 128 valence electrons. The Morgan fingerprint density at radius 3 is 2.14 bits per heavy atom. The zero-order valence-electron chi connectivity index (χ0n) is 12.9. The van der Waals surface area contributed by atoms with Gasteiger partial charge in [0.25, 0.3) is 0 Å². The van der Waals surface area contributed by atoms with Gasteiger partial charge < -0.3 is 26.4 Å². The highest BCUT2D eigenvalue weighted by molar-refractivity contribution is 7.58. The molecule has 0 aliphatic heterocycles. The van der Waals surface area contributed by atoms with E-state index in [1.54, 1.807) is 6.92 Å². The van der Waals surface area contributed by atoms with Gasteiger partial charge in [-0.25, -0.2) is 4.79 Å². The molecule has 0 rings (SSSR count). The Bertz CT molecular complexity index is 468. The smallest absolute Gasteiger partial charge is 0.326 e. The second-order valence-electron chi connectivity index (χ2n) is 5.12. The monoisotopic (exact) mass is 337 g/mol. The predicted molar refractivity (Wildman–Crippen MR) is 80.4 cm³/mol. The molecule has 6 N–H and O–H groups in total. The van der Waals surface area contributed by atoms with Crippen LogP contribution in [-0.4, -0.2) is 51.8 Å². The molecule has 9 nitrogen and oxygen atoms in total. The van der Waals surface area contributed by atoms with Crippen molar-refractivity contribution in [1.29, 1.82) is 0 Å². The fourth-order valence-corrected chi connectivity index (χ4v) is 2.79. The van der Waals surface area contributed by atoms with E-state index in [0.717, 1.165) is 0 Å². The quantitative estimate of drug-likeness (QED) is 0.352. The van der Waals surface area contributed by atoms with E-state index < -0.39 is 49.2 Å². The molecule has 4 atom stereocenters. The summed E-state index contributed by atoms with van der Waals surface area (Å²) in [5.74, 6) is -3.69. The van der Waals surface area contributed by atoms with E-state index in [1.165, 1.54) is 13.8 Å². The number of hydrogen-bond donors (Lipinski definition) is 5. The Labute approximate surface area is 129 Å². The molecule has 0 aliphatic carbocycles. The van der Waals surface area contributed by atoms with E-state index in [4.69, 9.17) is 10.8 Å². The van der Waals surface area contributed by atoms with Crippen molar-refractivity contribution in [2.24, 2.45) is 5.73 Å². The first kappa shape index (κ1) is 20.6. The van der Waals surface area contributed by atoms with Crippen LogP contribution in [0.5, 0.6) is 0 Å². The number of carbonyl (C=O) groups excluding carboxylic acids is 2. The highest BCUT2D eigenvalue weighted by Gasteiger charge is 2.34. The van der Waals surface area contributed by atoms with Crippen LogP contribution in [0.1, 0.15) is 33.6 Å². The predicted octanol–water partition coefficient (Wildman–Crippen LogP) is -0.564. The van der Waals surface area contributed by atoms with Gasteiger partial charge in [0.1, 0.15) is 12.1 Å². The van der Waals surface area contributed by atoms with Crippen molar-refractivity contribution in [3.05, 3.63) is 0 Å². The highest BCUT2D eigenvalue weighted by atomic mass is 31.2. The minimum atomic E-state index is -3.91. The summed E-state index contributed by atoms with van der Waals surface area (Å²) in [6, 6.07) is -2.44. The topological polar surface area (TPSA) is 159 Å². The van der Waals surface area contributed by atoms with Crippen molar-refractivity contribution >= 4 is 25.2 Å². The Morgan fingerprint density at radius 1 is 1.23 bits per heavy atom. The van der Waals surface area contributed by atoms with Crippen molar-refractivity contribution in [2.45, 2.75) is 51.5 Å². The molecule has 0 saturated heterocycles. The molecule has 0 bridgehead atoms. The lowest BCUT2D eigenvalue weighted by atomic mass is 10.1. The molecule has 0 aromatic rings. The summed E-state index contributed by atoms with van der Waals surface area (Å²) >= 11 is 0. The molecule has 0 aliphatic rings. The second-order valence-corrected chi connectivity index (χ2v) is 7.81. The Morgan fingerprint density at radius 2 is 1.77 bits per heavy atom. The van der Waals surface area contributed by atoms with Crippen LogP contribution in [0, 0.1) is 0 Å². The molecular weight excluding hydrogens is 313 g/mol. The summed E-state index contributed by atoms with van der Waals surface area (Å²) in [5.41, 5.74) is 5.35. The van der Waals surface area contributed by atoms with Crippen molar-refractivity contribution in [3.8, 4) is 0 Å². The summed E-state index contributed by atoms with van der Waals surface area (Å²) in [5, 5.41) is 13.7. The third-order valence-corrected chi connectivity index (χ3v) is 5.13. The van der Waals surface area contributed by atoms with Crippen molar-refractivity contribution < 1.29 is 28.9 Å². The summed E-state index contributed by atoms with van der Waals surface area (Å²) in [6.45, 7) is 4.33. The molecule has 0 saturated carbocycles. The number of nitrogens with one attached hydrogen (secondary N) is 2. The van der Waals surface area contributed by atoms with Gasteiger partial charge in [0.2, 0.25) is 19.2 Å². The minimum absolute atomic E-state index is 0.321. The lowest BCUT2D eigenvalue weighted by Crippen LogP contribution is -2.52. The number of carbonyl (C=O) groups is 3. The summed E-state index contributed by atoms with van der Waals surface area (Å²) in [7, 11) is -3.91. The van der Waals surface area contributed by atoms with E-state index in [2.05, 4.69) is 10.6 Å². The molecule has 2 amide bonds. The maximum atomic E-state index is 12.0. The van der Waals surface area contributed by atoms with Crippen LogP contribution in [0.2, 0.25) is 0 Å². The zero-order chi connectivity index (χ0) is 17.5. The molecule has 0 fully saturated rings. The van der Waals surface area contributed by atoms with Gasteiger partial charge in [-0.15, -0.1) is 0 Å². The third kappa shape index (κ3) is 7.02. The highest BCUT2D eigenvalue weighted by Crippen LogP contribution is 2.44. The molecule has 10 heteroatoms. The van der Waals surface area contributed by atoms with E-state index in [1.807, 2.05) is 0 Å². The fraction of sp³-hybridized carbons (Fsp3) is 0.750. The number of carboxylic acid groups (broad SMARTS) is 1. The number of nitrogens with two attached hydrogens (primary N) is 1. The van der Waals surface area contributed by atoms with E-state index in [0.29, 0.717) is 12.8 Å². The van der Waals surface area contributed by atoms with Gasteiger partial charge >= 0.3 is 5.97 Å². The average molecular weight is 337 g/mol. The second kappa shape index (κ2) is 8.87. The number of hydrogen-bond acceptors (Lipinski definition) is 5. The number of amides is 2. The number of rotatable bonds is 9. The first-order valence-corrected chi connectivity index (χ1v) is 8.80. The maximum absolute atomic E-state index is 12.0. The lowest BCUT2D eigenvalue weighted by Gasteiger charge is -2.23. The van der Waals surface area contributed by atoms with Crippen LogP contribution in [0.25, 0.3) is 0 Å². The van der Waals surface area contributed by atoms with Gasteiger partial charge in [-0.1, -0.05) is 13.3 Å². The van der Waals surface area contributed by atoms with Crippen molar-refractivity contribution in [2.75, 3.05) is 6.16 Å². The van der Waals surface area contributed by atoms with E-state index >= 15 is 0 Å². The van der Waals surface area contributed by atoms with Gasteiger partial charge in [-0.2, -0.15) is 0 Å². The Hall–Kier alpha value is -1.44. The molecule has 0 aromatic carbocycles. The molecule has 0 radical (unpaired) electrons.